The Hall–Kier alpha value is -1.11. The highest BCUT2D eigenvalue weighted by Crippen LogP contribution is 2.44. The van der Waals surface area contributed by atoms with Gasteiger partial charge in [-0.2, -0.15) is 13.2 Å². The molecule has 0 bridgehead atoms. The van der Waals surface area contributed by atoms with Crippen molar-refractivity contribution in [2.75, 3.05) is 46.4 Å². The van der Waals surface area contributed by atoms with Crippen LogP contribution >= 0.6 is 0 Å². The van der Waals surface area contributed by atoms with E-state index in [0.717, 1.165) is 44.5 Å². The maximum absolute atomic E-state index is 13.3. The summed E-state index contributed by atoms with van der Waals surface area (Å²) < 4.78 is 45.8. The average molecular weight is 387 g/mol. The van der Waals surface area contributed by atoms with Crippen molar-refractivity contribution in [1.29, 1.82) is 0 Å². The van der Waals surface area contributed by atoms with Gasteiger partial charge in [0.15, 0.2) is 0 Å². The van der Waals surface area contributed by atoms with Gasteiger partial charge >= 0.3 is 6.18 Å². The van der Waals surface area contributed by atoms with E-state index in [1.807, 2.05) is 6.07 Å². The minimum Gasteiger partial charge on any atom is -0.376 e. The Morgan fingerprint density at radius 1 is 1.11 bits per heavy atom. The molecule has 0 amide bonds. The van der Waals surface area contributed by atoms with Crippen LogP contribution < -0.4 is 9.80 Å². The smallest absolute Gasteiger partial charge is 0.376 e. The van der Waals surface area contributed by atoms with E-state index < -0.39 is 11.7 Å². The second-order valence-electron chi connectivity index (χ2n) is 9.10. The van der Waals surface area contributed by atoms with Crippen LogP contribution in [0.5, 0.6) is 0 Å². The molecule has 0 radical (unpaired) electrons. The number of rotatable bonds is 4. The van der Waals surface area contributed by atoms with Gasteiger partial charge < -0.3 is 14.5 Å². The second-order valence-corrected chi connectivity index (χ2v) is 9.10. The van der Waals surface area contributed by atoms with Crippen molar-refractivity contribution in [3.05, 3.63) is 35.4 Å². The SMILES string of the molecule is C[NH+]1CC[NH+](CC[C@]2(c3cccc(C(F)(F)F)c3)CCOC(C)(C)C2)CC1. The summed E-state index contributed by atoms with van der Waals surface area (Å²) in [5.41, 5.74) is -0.271. The van der Waals surface area contributed by atoms with Gasteiger partial charge in [-0.05, 0) is 38.3 Å². The molecular formula is C21H33F3N2O+2. The zero-order valence-corrected chi connectivity index (χ0v) is 16.7. The van der Waals surface area contributed by atoms with Gasteiger partial charge in [0.1, 0.15) is 26.2 Å². The number of piperazine rings is 1. The van der Waals surface area contributed by atoms with Crippen LogP contribution in [0.1, 0.15) is 44.2 Å². The summed E-state index contributed by atoms with van der Waals surface area (Å²) in [7, 11) is 2.22. The van der Waals surface area contributed by atoms with E-state index >= 15 is 0 Å². The van der Waals surface area contributed by atoms with Gasteiger partial charge in [0, 0.05) is 18.4 Å². The van der Waals surface area contributed by atoms with Gasteiger partial charge in [0.25, 0.3) is 0 Å². The molecule has 2 fully saturated rings. The van der Waals surface area contributed by atoms with E-state index in [-0.39, 0.29) is 11.0 Å². The molecular weight excluding hydrogens is 353 g/mol. The van der Waals surface area contributed by atoms with E-state index in [4.69, 9.17) is 4.74 Å². The molecule has 2 aliphatic rings. The van der Waals surface area contributed by atoms with Crippen LogP contribution in [0.4, 0.5) is 13.2 Å². The Balaban J connectivity index is 1.85. The van der Waals surface area contributed by atoms with Crippen LogP contribution in [0, 0.1) is 0 Å². The van der Waals surface area contributed by atoms with Crippen molar-refractivity contribution in [1.82, 2.24) is 0 Å². The number of hydrogen-bond donors (Lipinski definition) is 2. The second kappa shape index (κ2) is 7.72. The number of likely N-dealkylation sites (N-methyl/N-ethyl adjacent to an activating group) is 1. The average Bonchev–Trinajstić information content (AvgIpc) is 2.60. The standard InChI is InChI=1S/C21H31F3N2O/c1-19(2)16-20(8-14-27-19,7-9-26-12-10-25(3)11-13-26)17-5-4-6-18(15-17)21(22,23)24/h4-6,15H,7-14,16H2,1-3H3/p+2/t20-/m0/s1. The third kappa shape index (κ3) is 5.04. The van der Waals surface area contributed by atoms with Gasteiger partial charge in [0.05, 0.1) is 24.8 Å². The summed E-state index contributed by atoms with van der Waals surface area (Å²) in [4.78, 5) is 3.15. The van der Waals surface area contributed by atoms with Crippen LogP contribution in [-0.4, -0.2) is 52.0 Å². The zero-order valence-electron chi connectivity index (χ0n) is 16.7. The molecule has 2 N–H and O–H groups in total. The maximum Gasteiger partial charge on any atom is 0.416 e. The van der Waals surface area contributed by atoms with Gasteiger partial charge in [-0.1, -0.05) is 18.2 Å². The molecule has 0 unspecified atom stereocenters. The molecule has 0 spiro atoms. The number of quaternary nitrogens is 2. The van der Waals surface area contributed by atoms with E-state index in [0.29, 0.717) is 6.61 Å². The fourth-order valence-electron chi connectivity index (χ4n) is 4.80. The summed E-state index contributed by atoms with van der Waals surface area (Å²) in [6.45, 7) is 10.3. The number of halogens is 3. The third-order valence-electron chi connectivity index (χ3n) is 6.41. The lowest BCUT2D eigenvalue weighted by Gasteiger charge is -2.46. The lowest BCUT2D eigenvalue weighted by molar-refractivity contribution is -1.00. The van der Waals surface area contributed by atoms with Gasteiger partial charge in [-0.25, -0.2) is 0 Å². The summed E-state index contributed by atoms with van der Waals surface area (Å²) in [6, 6.07) is 6.01. The number of alkyl halides is 3. The van der Waals surface area contributed by atoms with Crippen LogP contribution in [0.25, 0.3) is 0 Å². The van der Waals surface area contributed by atoms with Gasteiger partial charge in [0.2, 0.25) is 0 Å². The molecule has 1 aromatic rings. The summed E-state index contributed by atoms with van der Waals surface area (Å²) in [5, 5.41) is 0. The van der Waals surface area contributed by atoms with Crippen molar-refractivity contribution < 1.29 is 27.7 Å². The molecule has 3 rings (SSSR count). The van der Waals surface area contributed by atoms with Gasteiger partial charge in [-0.15, -0.1) is 0 Å². The van der Waals surface area contributed by atoms with Crippen molar-refractivity contribution in [3.63, 3.8) is 0 Å². The maximum atomic E-state index is 13.3. The normalized spacial score (nSPS) is 31.6. The predicted molar refractivity (Wildman–Crippen MR) is 99.2 cm³/mol. The Morgan fingerprint density at radius 2 is 1.81 bits per heavy atom. The van der Waals surface area contributed by atoms with Crippen LogP contribution in [0.3, 0.4) is 0 Å². The molecule has 3 nitrogen and oxygen atoms in total. The van der Waals surface area contributed by atoms with Crippen LogP contribution in [0.15, 0.2) is 24.3 Å². The Bertz CT molecular complexity index is 639. The van der Waals surface area contributed by atoms with Crippen molar-refractivity contribution >= 4 is 0 Å². The Morgan fingerprint density at radius 3 is 2.44 bits per heavy atom. The van der Waals surface area contributed by atoms with Crippen LogP contribution in [0.2, 0.25) is 0 Å². The van der Waals surface area contributed by atoms with Gasteiger partial charge in [-0.3, -0.25) is 0 Å². The van der Waals surface area contributed by atoms with Crippen molar-refractivity contribution in [2.45, 2.75) is 50.3 Å². The number of ether oxygens (including phenoxy) is 1. The highest BCUT2D eigenvalue weighted by molar-refractivity contribution is 5.33. The first-order valence-electron chi connectivity index (χ1n) is 10.1. The molecule has 1 aromatic carbocycles. The first kappa shape index (κ1) is 20.6. The molecule has 6 heteroatoms. The monoisotopic (exact) mass is 386 g/mol. The fourth-order valence-corrected chi connectivity index (χ4v) is 4.80. The highest BCUT2D eigenvalue weighted by atomic mass is 19.4. The van der Waals surface area contributed by atoms with E-state index in [2.05, 4.69) is 20.9 Å². The van der Waals surface area contributed by atoms with Crippen molar-refractivity contribution in [2.24, 2.45) is 0 Å². The zero-order chi connectivity index (χ0) is 19.7. The minimum absolute atomic E-state index is 0.244. The number of nitrogens with one attached hydrogen (secondary N) is 2. The predicted octanol–water partition coefficient (Wildman–Crippen LogP) is 1.34. The molecule has 152 valence electrons. The first-order chi connectivity index (χ1) is 12.6. The lowest BCUT2D eigenvalue weighted by atomic mass is 9.67. The Labute approximate surface area is 160 Å². The molecule has 0 aromatic heterocycles. The van der Waals surface area contributed by atoms with E-state index in [1.54, 1.807) is 15.9 Å². The molecule has 0 aliphatic carbocycles. The first-order valence-corrected chi connectivity index (χ1v) is 10.1. The molecule has 2 aliphatic heterocycles. The molecule has 2 heterocycles. The fraction of sp³-hybridized carbons (Fsp3) is 0.714. The topological polar surface area (TPSA) is 18.1 Å². The van der Waals surface area contributed by atoms with E-state index in [1.165, 1.54) is 25.2 Å². The summed E-state index contributed by atoms with van der Waals surface area (Å²) in [6.07, 6.45) is -1.84. The van der Waals surface area contributed by atoms with E-state index in [9.17, 15) is 13.2 Å². The van der Waals surface area contributed by atoms with Crippen molar-refractivity contribution in [3.8, 4) is 0 Å². The molecule has 1 atom stereocenters. The van der Waals surface area contributed by atoms with Crippen LogP contribution in [-0.2, 0) is 16.3 Å². The Kier molecular flexibility index (Phi) is 5.90. The largest absolute Gasteiger partial charge is 0.416 e. The minimum atomic E-state index is -4.30. The summed E-state index contributed by atoms with van der Waals surface area (Å²) >= 11 is 0. The molecule has 0 saturated carbocycles. The highest BCUT2D eigenvalue weighted by Gasteiger charge is 2.44. The number of benzene rings is 1. The summed E-state index contributed by atoms with van der Waals surface area (Å²) in [5.74, 6) is 0. The quantitative estimate of drug-likeness (QED) is 0.799. The number of hydrogen-bond acceptors (Lipinski definition) is 1. The lowest BCUT2D eigenvalue weighted by Crippen LogP contribution is -3.27. The third-order valence-corrected chi connectivity index (χ3v) is 6.41. The molecule has 2 saturated heterocycles. The molecule has 27 heavy (non-hydrogen) atoms.